The van der Waals surface area contributed by atoms with E-state index < -0.39 is 0 Å². The standard InChI is InChI=1S/C23H21N5O3/c1-15-4-3-5-18(14-15)28-20(29)11-10-19(26-28)23(31)25-17-8-6-16(7-9-17)21(30)22-24-12-13-27(22)2/h3-9,12-14H,10-11H2,1-2H3,(H,25,31). The van der Waals surface area contributed by atoms with Crippen LogP contribution >= 0.6 is 0 Å². The number of carbonyl (C=O) groups is 3. The highest BCUT2D eigenvalue weighted by molar-refractivity contribution is 6.44. The fraction of sp³-hybridized carbons (Fsp3) is 0.174. The second kappa shape index (κ2) is 8.35. The van der Waals surface area contributed by atoms with Crippen LogP contribution in [0.2, 0.25) is 0 Å². The number of hydrogen-bond acceptors (Lipinski definition) is 5. The summed E-state index contributed by atoms with van der Waals surface area (Å²) in [5.74, 6) is -0.392. The Morgan fingerprint density at radius 2 is 1.84 bits per heavy atom. The fourth-order valence-electron chi connectivity index (χ4n) is 3.30. The van der Waals surface area contributed by atoms with Crippen molar-refractivity contribution in [3.05, 3.63) is 77.9 Å². The minimum atomic E-state index is -0.381. The summed E-state index contributed by atoms with van der Waals surface area (Å²) in [5.41, 5.74) is 2.90. The lowest BCUT2D eigenvalue weighted by molar-refractivity contribution is -0.118. The van der Waals surface area contributed by atoms with Crippen molar-refractivity contribution in [2.45, 2.75) is 19.8 Å². The van der Waals surface area contributed by atoms with Crippen molar-refractivity contribution in [3.63, 3.8) is 0 Å². The van der Waals surface area contributed by atoms with Crippen LogP contribution < -0.4 is 10.3 Å². The van der Waals surface area contributed by atoms with E-state index in [1.807, 2.05) is 25.1 Å². The molecule has 0 bridgehead atoms. The largest absolute Gasteiger partial charge is 0.331 e. The van der Waals surface area contributed by atoms with Crippen molar-refractivity contribution in [2.24, 2.45) is 12.1 Å². The van der Waals surface area contributed by atoms with E-state index in [-0.39, 0.29) is 36.2 Å². The van der Waals surface area contributed by atoms with Crippen molar-refractivity contribution >= 4 is 34.7 Å². The van der Waals surface area contributed by atoms with Gasteiger partial charge in [-0.2, -0.15) is 5.10 Å². The summed E-state index contributed by atoms with van der Waals surface area (Å²) in [5, 5.41) is 8.34. The van der Waals surface area contributed by atoms with Crippen molar-refractivity contribution in [3.8, 4) is 0 Å². The third-order valence-corrected chi connectivity index (χ3v) is 4.97. The zero-order valence-electron chi connectivity index (χ0n) is 17.2. The molecule has 0 saturated heterocycles. The van der Waals surface area contributed by atoms with E-state index in [1.165, 1.54) is 5.01 Å². The molecule has 8 heteroatoms. The molecule has 1 aromatic heterocycles. The molecule has 1 N–H and O–H groups in total. The zero-order valence-corrected chi connectivity index (χ0v) is 17.2. The maximum atomic E-state index is 12.7. The first kappa shape index (κ1) is 20.2. The van der Waals surface area contributed by atoms with Crippen LogP contribution in [0.5, 0.6) is 0 Å². The molecule has 0 unspecified atom stereocenters. The number of hydrogen-bond donors (Lipinski definition) is 1. The van der Waals surface area contributed by atoms with Crippen LogP contribution in [0.3, 0.4) is 0 Å². The average Bonchev–Trinajstić information content (AvgIpc) is 3.20. The van der Waals surface area contributed by atoms with Crippen molar-refractivity contribution in [2.75, 3.05) is 10.3 Å². The number of aryl methyl sites for hydroxylation is 2. The Bertz CT molecular complexity index is 1190. The number of nitrogens with one attached hydrogen (secondary N) is 1. The Kier molecular flexibility index (Phi) is 5.44. The summed E-state index contributed by atoms with van der Waals surface area (Å²) in [7, 11) is 1.75. The van der Waals surface area contributed by atoms with Gasteiger partial charge in [-0.1, -0.05) is 12.1 Å². The minimum absolute atomic E-state index is 0.153. The summed E-state index contributed by atoms with van der Waals surface area (Å²) < 4.78 is 1.65. The van der Waals surface area contributed by atoms with E-state index >= 15 is 0 Å². The quantitative estimate of drug-likeness (QED) is 0.648. The first-order valence-corrected chi connectivity index (χ1v) is 9.83. The number of imidazole rings is 1. The normalized spacial score (nSPS) is 13.7. The van der Waals surface area contributed by atoms with Crippen LogP contribution in [0.1, 0.15) is 34.6 Å². The van der Waals surface area contributed by atoms with Gasteiger partial charge in [0.05, 0.1) is 5.69 Å². The molecule has 1 aliphatic heterocycles. The van der Waals surface area contributed by atoms with Crippen LogP contribution in [-0.2, 0) is 16.6 Å². The number of carbonyl (C=O) groups excluding carboxylic acids is 3. The van der Waals surface area contributed by atoms with Gasteiger partial charge in [-0.05, 0) is 48.9 Å². The number of aromatic nitrogens is 2. The first-order chi connectivity index (χ1) is 14.9. The van der Waals surface area contributed by atoms with Crippen molar-refractivity contribution in [1.82, 2.24) is 9.55 Å². The van der Waals surface area contributed by atoms with Gasteiger partial charge >= 0.3 is 0 Å². The Morgan fingerprint density at radius 3 is 2.52 bits per heavy atom. The topological polar surface area (TPSA) is 96.7 Å². The number of hydrazone groups is 1. The fourth-order valence-corrected chi connectivity index (χ4v) is 3.30. The molecular formula is C23H21N5O3. The second-order valence-electron chi connectivity index (χ2n) is 7.31. The molecule has 0 atom stereocenters. The van der Waals surface area contributed by atoms with E-state index in [1.54, 1.807) is 54.3 Å². The summed E-state index contributed by atoms with van der Waals surface area (Å²) in [6.07, 6.45) is 3.75. The monoisotopic (exact) mass is 415 g/mol. The third-order valence-electron chi connectivity index (χ3n) is 4.97. The zero-order chi connectivity index (χ0) is 22.0. The van der Waals surface area contributed by atoms with Crippen LogP contribution in [-0.4, -0.2) is 32.9 Å². The van der Waals surface area contributed by atoms with Gasteiger partial charge in [-0.3, -0.25) is 14.4 Å². The van der Waals surface area contributed by atoms with Crippen LogP contribution in [0.15, 0.2) is 66.0 Å². The molecule has 2 aromatic carbocycles. The minimum Gasteiger partial charge on any atom is -0.331 e. The lowest BCUT2D eigenvalue weighted by atomic mass is 10.1. The average molecular weight is 415 g/mol. The second-order valence-corrected chi connectivity index (χ2v) is 7.31. The van der Waals surface area contributed by atoms with Crippen molar-refractivity contribution < 1.29 is 14.4 Å². The van der Waals surface area contributed by atoms with Gasteiger partial charge in [-0.15, -0.1) is 0 Å². The number of nitrogens with zero attached hydrogens (tertiary/aromatic N) is 4. The summed E-state index contributed by atoms with van der Waals surface area (Å²) in [6.45, 7) is 1.93. The molecule has 0 radical (unpaired) electrons. The molecule has 0 aliphatic carbocycles. The molecule has 4 rings (SSSR count). The summed E-state index contributed by atoms with van der Waals surface area (Å²) in [4.78, 5) is 41.6. The molecule has 0 spiro atoms. The highest BCUT2D eigenvalue weighted by Gasteiger charge is 2.26. The maximum absolute atomic E-state index is 12.7. The number of amides is 2. The Balaban J connectivity index is 1.49. The van der Waals surface area contributed by atoms with E-state index in [0.29, 0.717) is 22.8 Å². The van der Waals surface area contributed by atoms with Gasteiger partial charge in [0, 0.05) is 43.5 Å². The Hall–Kier alpha value is -4.07. The van der Waals surface area contributed by atoms with Gasteiger partial charge in [0.25, 0.3) is 5.91 Å². The van der Waals surface area contributed by atoms with E-state index in [0.717, 1.165) is 5.56 Å². The van der Waals surface area contributed by atoms with E-state index in [2.05, 4.69) is 15.4 Å². The molecule has 31 heavy (non-hydrogen) atoms. The molecule has 3 aromatic rings. The predicted molar refractivity (Wildman–Crippen MR) is 117 cm³/mol. The molecular weight excluding hydrogens is 394 g/mol. The SMILES string of the molecule is Cc1cccc(N2N=C(C(=O)Nc3ccc(C(=O)c4nccn4C)cc3)CCC2=O)c1. The van der Waals surface area contributed by atoms with Gasteiger partial charge < -0.3 is 9.88 Å². The third kappa shape index (κ3) is 4.28. The lowest BCUT2D eigenvalue weighted by Crippen LogP contribution is -2.36. The van der Waals surface area contributed by atoms with Crippen LogP contribution in [0.4, 0.5) is 11.4 Å². The van der Waals surface area contributed by atoms with E-state index in [9.17, 15) is 14.4 Å². The number of benzene rings is 2. The van der Waals surface area contributed by atoms with Gasteiger partial charge in [-0.25, -0.2) is 9.99 Å². The number of rotatable bonds is 5. The van der Waals surface area contributed by atoms with Crippen molar-refractivity contribution in [1.29, 1.82) is 0 Å². The molecule has 8 nitrogen and oxygen atoms in total. The Labute approximate surface area is 179 Å². The summed E-state index contributed by atoms with van der Waals surface area (Å²) >= 11 is 0. The molecule has 156 valence electrons. The van der Waals surface area contributed by atoms with Gasteiger partial charge in [0.15, 0.2) is 5.82 Å². The van der Waals surface area contributed by atoms with Crippen LogP contribution in [0.25, 0.3) is 0 Å². The highest BCUT2D eigenvalue weighted by Crippen LogP contribution is 2.22. The maximum Gasteiger partial charge on any atom is 0.271 e. The molecule has 0 saturated carbocycles. The highest BCUT2D eigenvalue weighted by atomic mass is 16.2. The molecule has 2 heterocycles. The lowest BCUT2D eigenvalue weighted by Gasteiger charge is -2.23. The molecule has 2 amide bonds. The van der Waals surface area contributed by atoms with Gasteiger partial charge in [0.2, 0.25) is 11.7 Å². The van der Waals surface area contributed by atoms with E-state index in [4.69, 9.17) is 0 Å². The smallest absolute Gasteiger partial charge is 0.271 e. The molecule has 0 fully saturated rings. The van der Waals surface area contributed by atoms with Gasteiger partial charge in [0.1, 0.15) is 5.71 Å². The molecule has 1 aliphatic rings. The number of anilines is 2. The van der Waals surface area contributed by atoms with Crippen LogP contribution in [0, 0.1) is 6.92 Å². The first-order valence-electron chi connectivity index (χ1n) is 9.83. The Morgan fingerprint density at radius 1 is 1.06 bits per heavy atom. The number of ketones is 1. The summed E-state index contributed by atoms with van der Waals surface area (Å²) in [6, 6.07) is 14.0. The predicted octanol–water partition coefficient (Wildman–Crippen LogP) is 3.08.